The number of rotatable bonds is 7. The summed E-state index contributed by atoms with van der Waals surface area (Å²) in [5, 5.41) is 2.66. The maximum atomic E-state index is 12.8. The number of hydrogen-bond donors (Lipinski definition) is 1. The van der Waals surface area contributed by atoms with Crippen LogP contribution in [-0.4, -0.2) is 48.2 Å². The van der Waals surface area contributed by atoms with E-state index in [1.54, 1.807) is 65.6 Å². The first-order valence-electron chi connectivity index (χ1n) is 11.0. The summed E-state index contributed by atoms with van der Waals surface area (Å²) in [4.78, 5) is 51.6. The van der Waals surface area contributed by atoms with E-state index in [0.717, 1.165) is 0 Å². The predicted molar refractivity (Wildman–Crippen MR) is 123 cm³/mol. The summed E-state index contributed by atoms with van der Waals surface area (Å²) < 4.78 is 10.3. The number of ketones is 1. The molecule has 1 N–H and O–H groups in total. The van der Waals surface area contributed by atoms with Gasteiger partial charge in [-0.25, -0.2) is 0 Å². The maximum Gasteiger partial charge on any atom is 0.309 e. The number of anilines is 1. The molecule has 2 heterocycles. The fraction of sp³-hybridized carbons (Fsp3) is 0.231. The number of furan rings is 1. The summed E-state index contributed by atoms with van der Waals surface area (Å²) >= 11 is 0. The van der Waals surface area contributed by atoms with E-state index in [-0.39, 0.29) is 23.4 Å². The first-order valence-corrected chi connectivity index (χ1v) is 11.0. The molecule has 2 aromatic carbocycles. The van der Waals surface area contributed by atoms with Gasteiger partial charge in [0.05, 0.1) is 17.9 Å². The highest BCUT2D eigenvalue weighted by atomic mass is 16.5. The number of piperidine rings is 1. The molecule has 1 aliphatic rings. The molecule has 1 fully saturated rings. The largest absolute Gasteiger partial charge is 0.459 e. The van der Waals surface area contributed by atoms with Crippen molar-refractivity contribution in [3.63, 3.8) is 0 Å². The molecular weight excluding hydrogens is 436 g/mol. The molecule has 0 aliphatic carbocycles. The van der Waals surface area contributed by atoms with Crippen LogP contribution in [0.1, 0.15) is 39.3 Å². The third-order valence-electron chi connectivity index (χ3n) is 5.67. The number of likely N-dealkylation sites (tertiary alicyclic amines) is 1. The van der Waals surface area contributed by atoms with E-state index in [1.165, 1.54) is 6.26 Å². The molecule has 8 nitrogen and oxygen atoms in total. The van der Waals surface area contributed by atoms with Crippen molar-refractivity contribution >= 4 is 29.3 Å². The lowest BCUT2D eigenvalue weighted by molar-refractivity contribution is -0.152. The van der Waals surface area contributed by atoms with Crippen molar-refractivity contribution in [3.8, 4) is 0 Å². The minimum atomic E-state index is -0.535. The van der Waals surface area contributed by atoms with Gasteiger partial charge in [-0.15, -0.1) is 0 Å². The molecular formula is C26H24N2O6. The van der Waals surface area contributed by atoms with Crippen LogP contribution in [0.5, 0.6) is 0 Å². The van der Waals surface area contributed by atoms with Crippen LogP contribution in [0.4, 0.5) is 5.69 Å². The highest BCUT2D eigenvalue weighted by molar-refractivity contribution is 6.13. The molecule has 1 aliphatic heterocycles. The third kappa shape index (κ3) is 5.40. The second-order valence-electron chi connectivity index (χ2n) is 7.94. The number of carbonyl (C=O) groups excluding carboxylic acids is 4. The molecule has 0 atom stereocenters. The normalized spacial score (nSPS) is 13.8. The van der Waals surface area contributed by atoms with Crippen molar-refractivity contribution in [2.45, 2.75) is 12.8 Å². The Bertz CT molecular complexity index is 1170. The molecule has 2 amide bonds. The summed E-state index contributed by atoms with van der Waals surface area (Å²) in [6, 6.07) is 18.7. The zero-order valence-corrected chi connectivity index (χ0v) is 18.4. The van der Waals surface area contributed by atoms with E-state index in [1.807, 2.05) is 6.07 Å². The van der Waals surface area contributed by atoms with Gasteiger partial charge in [-0.2, -0.15) is 0 Å². The van der Waals surface area contributed by atoms with Gasteiger partial charge in [0, 0.05) is 24.2 Å². The number of para-hydroxylation sites is 1. The minimum absolute atomic E-state index is 0.208. The molecule has 0 radical (unpaired) electrons. The standard InChI is InChI=1S/C26H24N2O6/c29-23(27-21-10-5-4-9-20(21)24(30)18-7-2-1-3-8-18)17-34-26(32)19-12-14-28(15-13-19)25(31)22-11-6-16-33-22/h1-11,16,19H,12-15,17H2,(H,27,29). The van der Waals surface area contributed by atoms with E-state index in [4.69, 9.17) is 9.15 Å². The molecule has 34 heavy (non-hydrogen) atoms. The van der Waals surface area contributed by atoms with E-state index >= 15 is 0 Å². The molecule has 0 unspecified atom stereocenters. The number of hydrogen-bond acceptors (Lipinski definition) is 6. The fourth-order valence-corrected chi connectivity index (χ4v) is 3.85. The summed E-state index contributed by atoms with van der Waals surface area (Å²) in [6.45, 7) is 0.346. The van der Waals surface area contributed by atoms with Gasteiger partial charge in [0.2, 0.25) is 0 Å². The van der Waals surface area contributed by atoms with Crippen molar-refractivity contribution in [1.29, 1.82) is 0 Å². The van der Waals surface area contributed by atoms with Crippen LogP contribution < -0.4 is 5.32 Å². The molecule has 0 spiro atoms. The molecule has 0 bridgehead atoms. The van der Waals surface area contributed by atoms with Crippen LogP contribution in [0.25, 0.3) is 0 Å². The van der Waals surface area contributed by atoms with E-state index in [9.17, 15) is 19.2 Å². The Labute approximate surface area is 196 Å². The zero-order valence-electron chi connectivity index (χ0n) is 18.4. The highest BCUT2D eigenvalue weighted by Crippen LogP contribution is 2.22. The lowest BCUT2D eigenvalue weighted by Gasteiger charge is -2.30. The van der Waals surface area contributed by atoms with Gasteiger partial charge in [0.15, 0.2) is 18.2 Å². The van der Waals surface area contributed by atoms with Crippen molar-refractivity contribution in [2.75, 3.05) is 25.0 Å². The van der Waals surface area contributed by atoms with Crippen molar-refractivity contribution in [1.82, 2.24) is 4.90 Å². The molecule has 1 aromatic heterocycles. The quantitative estimate of drug-likeness (QED) is 0.427. The van der Waals surface area contributed by atoms with Crippen LogP contribution in [0.15, 0.2) is 77.4 Å². The Morgan fingerprint density at radius 3 is 2.32 bits per heavy atom. The summed E-state index contributed by atoms with van der Waals surface area (Å²) in [5.74, 6) is -1.56. The molecule has 8 heteroatoms. The van der Waals surface area contributed by atoms with Gasteiger partial charge in [-0.1, -0.05) is 42.5 Å². The lowest BCUT2D eigenvalue weighted by atomic mass is 9.97. The molecule has 174 valence electrons. The number of ether oxygens (including phenoxy) is 1. The molecule has 1 saturated heterocycles. The van der Waals surface area contributed by atoms with Crippen molar-refractivity contribution in [2.24, 2.45) is 5.92 Å². The SMILES string of the molecule is O=C(COC(=O)C1CCN(C(=O)c2ccco2)CC1)Nc1ccccc1C(=O)c1ccccc1. The minimum Gasteiger partial charge on any atom is -0.459 e. The van der Waals surface area contributed by atoms with Gasteiger partial charge in [-0.05, 0) is 37.1 Å². The lowest BCUT2D eigenvalue weighted by Crippen LogP contribution is -2.40. The second kappa shape index (κ2) is 10.6. The van der Waals surface area contributed by atoms with Crippen LogP contribution in [0.2, 0.25) is 0 Å². The number of carbonyl (C=O) groups is 4. The Morgan fingerprint density at radius 2 is 1.62 bits per heavy atom. The summed E-state index contributed by atoms with van der Waals surface area (Å²) in [6.07, 6.45) is 2.33. The van der Waals surface area contributed by atoms with Crippen LogP contribution in [0, 0.1) is 5.92 Å². The van der Waals surface area contributed by atoms with Crippen LogP contribution in [0.3, 0.4) is 0 Å². The number of amides is 2. The third-order valence-corrected chi connectivity index (χ3v) is 5.67. The second-order valence-corrected chi connectivity index (χ2v) is 7.94. The Kier molecular flexibility index (Phi) is 7.17. The topological polar surface area (TPSA) is 106 Å². The monoisotopic (exact) mass is 460 g/mol. The first kappa shape index (κ1) is 23.0. The number of nitrogens with zero attached hydrogens (tertiary/aromatic N) is 1. The van der Waals surface area contributed by atoms with E-state index < -0.39 is 18.5 Å². The van der Waals surface area contributed by atoms with Gasteiger partial charge in [0.1, 0.15) is 0 Å². The fourth-order valence-electron chi connectivity index (χ4n) is 3.85. The van der Waals surface area contributed by atoms with Crippen molar-refractivity contribution in [3.05, 3.63) is 89.9 Å². The zero-order chi connectivity index (χ0) is 23.9. The van der Waals surface area contributed by atoms with E-state index in [0.29, 0.717) is 42.7 Å². The average molecular weight is 460 g/mol. The van der Waals surface area contributed by atoms with Gasteiger partial charge in [-0.3, -0.25) is 19.2 Å². The number of benzene rings is 2. The molecule has 3 aromatic rings. The first-order chi connectivity index (χ1) is 16.5. The summed E-state index contributed by atoms with van der Waals surface area (Å²) in [7, 11) is 0. The average Bonchev–Trinajstić information content (AvgIpc) is 3.42. The smallest absolute Gasteiger partial charge is 0.309 e. The number of esters is 1. The Morgan fingerprint density at radius 1 is 0.912 bits per heavy atom. The Hall–Kier alpha value is -4.20. The maximum absolute atomic E-state index is 12.8. The van der Waals surface area contributed by atoms with Gasteiger partial charge >= 0.3 is 5.97 Å². The highest BCUT2D eigenvalue weighted by Gasteiger charge is 2.30. The predicted octanol–water partition coefficient (Wildman–Crippen LogP) is 3.54. The van der Waals surface area contributed by atoms with Gasteiger partial charge < -0.3 is 19.4 Å². The van der Waals surface area contributed by atoms with E-state index in [2.05, 4.69) is 5.32 Å². The van der Waals surface area contributed by atoms with Crippen LogP contribution >= 0.6 is 0 Å². The summed E-state index contributed by atoms with van der Waals surface area (Å²) in [5.41, 5.74) is 1.21. The van der Waals surface area contributed by atoms with Crippen LogP contribution in [-0.2, 0) is 14.3 Å². The molecule has 4 rings (SSSR count). The van der Waals surface area contributed by atoms with Crippen molar-refractivity contribution < 1.29 is 28.3 Å². The number of nitrogens with one attached hydrogen (secondary N) is 1. The molecule has 0 saturated carbocycles. The van der Waals surface area contributed by atoms with Gasteiger partial charge in [0.25, 0.3) is 11.8 Å². The Balaban J connectivity index is 1.28.